The summed E-state index contributed by atoms with van der Waals surface area (Å²) in [6.07, 6.45) is 2.98. The van der Waals surface area contributed by atoms with Crippen molar-refractivity contribution in [3.8, 4) is 0 Å². The second kappa shape index (κ2) is 4.53. The average Bonchev–Trinajstić information content (AvgIpc) is 2.42. The van der Waals surface area contributed by atoms with Crippen LogP contribution < -0.4 is 11.3 Å². The van der Waals surface area contributed by atoms with E-state index in [-0.39, 0.29) is 5.56 Å². The van der Waals surface area contributed by atoms with Crippen molar-refractivity contribution in [3.05, 3.63) is 64.7 Å². The molecule has 0 radical (unpaired) electrons. The quantitative estimate of drug-likeness (QED) is 0.748. The SMILES string of the molecule is Nc1cc(Cn2c(=O)cnc3ccccc32)ccn1. The largest absolute Gasteiger partial charge is 0.384 e. The number of hydrogen-bond donors (Lipinski definition) is 1. The number of hydrogen-bond acceptors (Lipinski definition) is 4. The number of pyridine rings is 1. The molecule has 0 fully saturated rings. The smallest absolute Gasteiger partial charge is 0.269 e. The lowest BCUT2D eigenvalue weighted by Crippen LogP contribution is -2.21. The summed E-state index contributed by atoms with van der Waals surface area (Å²) < 4.78 is 1.68. The summed E-state index contributed by atoms with van der Waals surface area (Å²) in [6.45, 7) is 0.453. The van der Waals surface area contributed by atoms with Gasteiger partial charge in [-0.3, -0.25) is 4.79 Å². The second-order valence-corrected chi connectivity index (χ2v) is 4.26. The summed E-state index contributed by atoms with van der Waals surface area (Å²) >= 11 is 0. The number of aromatic nitrogens is 3. The molecular formula is C14H12N4O. The minimum Gasteiger partial charge on any atom is -0.384 e. The third-order valence-corrected chi connectivity index (χ3v) is 2.94. The van der Waals surface area contributed by atoms with Crippen molar-refractivity contribution in [1.82, 2.24) is 14.5 Å². The van der Waals surface area contributed by atoms with Gasteiger partial charge in [0.2, 0.25) is 0 Å². The molecule has 3 rings (SSSR count). The summed E-state index contributed by atoms with van der Waals surface area (Å²) in [5.74, 6) is 0.448. The normalized spacial score (nSPS) is 10.7. The first-order valence-corrected chi connectivity index (χ1v) is 5.89. The van der Waals surface area contributed by atoms with Gasteiger partial charge in [0.15, 0.2) is 0 Å². The molecular weight excluding hydrogens is 240 g/mol. The number of nitrogens with two attached hydrogens (primary N) is 1. The van der Waals surface area contributed by atoms with Crippen LogP contribution in [-0.4, -0.2) is 14.5 Å². The zero-order valence-electron chi connectivity index (χ0n) is 10.2. The van der Waals surface area contributed by atoms with E-state index in [2.05, 4.69) is 9.97 Å². The highest BCUT2D eigenvalue weighted by Gasteiger charge is 2.04. The van der Waals surface area contributed by atoms with Gasteiger partial charge in [0.1, 0.15) is 5.82 Å². The van der Waals surface area contributed by atoms with Gasteiger partial charge in [-0.25, -0.2) is 9.97 Å². The van der Waals surface area contributed by atoms with Crippen LogP contribution >= 0.6 is 0 Å². The fourth-order valence-corrected chi connectivity index (χ4v) is 2.05. The highest BCUT2D eigenvalue weighted by molar-refractivity contribution is 5.74. The molecule has 0 bridgehead atoms. The van der Waals surface area contributed by atoms with Crippen LogP contribution in [0.3, 0.4) is 0 Å². The van der Waals surface area contributed by atoms with Gasteiger partial charge in [-0.1, -0.05) is 12.1 Å². The highest BCUT2D eigenvalue weighted by Crippen LogP contribution is 2.11. The predicted octanol–water partition coefficient (Wildman–Crippen LogP) is 1.42. The Balaban J connectivity index is 2.14. The molecule has 0 amide bonds. The van der Waals surface area contributed by atoms with E-state index in [0.717, 1.165) is 16.6 Å². The molecule has 94 valence electrons. The fourth-order valence-electron chi connectivity index (χ4n) is 2.05. The van der Waals surface area contributed by atoms with E-state index in [4.69, 9.17) is 5.73 Å². The lowest BCUT2D eigenvalue weighted by atomic mass is 10.2. The molecule has 0 aliphatic carbocycles. The molecule has 19 heavy (non-hydrogen) atoms. The molecule has 2 N–H and O–H groups in total. The molecule has 0 aliphatic rings. The Hall–Kier alpha value is -2.69. The minimum absolute atomic E-state index is 0.130. The molecule has 0 aliphatic heterocycles. The van der Waals surface area contributed by atoms with Gasteiger partial charge in [-0.15, -0.1) is 0 Å². The van der Waals surface area contributed by atoms with Gasteiger partial charge < -0.3 is 10.3 Å². The maximum atomic E-state index is 12.0. The van der Waals surface area contributed by atoms with E-state index in [1.165, 1.54) is 6.20 Å². The zero-order chi connectivity index (χ0) is 13.2. The van der Waals surface area contributed by atoms with Crippen molar-refractivity contribution in [2.24, 2.45) is 0 Å². The van der Waals surface area contributed by atoms with Crippen LogP contribution in [0.25, 0.3) is 11.0 Å². The molecule has 2 heterocycles. The standard InChI is InChI=1S/C14H12N4O/c15-13-7-10(5-6-16-13)9-18-12-4-2-1-3-11(12)17-8-14(18)19/h1-8H,9H2,(H2,15,16). The number of benzene rings is 1. The zero-order valence-corrected chi connectivity index (χ0v) is 10.2. The number of rotatable bonds is 2. The van der Waals surface area contributed by atoms with Crippen LogP contribution in [0.15, 0.2) is 53.6 Å². The van der Waals surface area contributed by atoms with Crippen molar-refractivity contribution in [3.63, 3.8) is 0 Å². The van der Waals surface area contributed by atoms with Crippen LogP contribution in [-0.2, 0) is 6.54 Å². The monoisotopic (exact) mass is 252 g/mol. The molecule has 5 nitrogen and oxygen atoms in total. The molecule has 2 aromatic heterocycles. The predicted molar refractivity (Wildman–Crippen MR) is 73.8 cm³/mol. The van der Waals surface area contributed by atoms with Crippen LogP contribution in [0.5, 0.6) is 0 Å². The van der Waals surface area contributed by atoms with Crippen LogP contribution in [0.1, 0.15) is 5.56 Å². The lowest BCUT2D eigenvalue weighted by molar-refractivity contribution is 0.786. The number of para-hydroxylation sites is 2. The Kier molecular flexibility index (Phi) is 2.72. The summed E-state index contributed by atoms with van der Waals surface area (Å²) in [4.78, 5) is 20.1. The van der Waals surface area contributed by atoms with Gasteiger partial charge in [0, 0.05) is 6.20 Å². The van der Waals surface area contributed by atoms with E-state index in [9.17, 15) is 4.79 Å². The number of anilines is 1. The Morgan fingerprint density at radius 2 is 2.00 bits per heavy atom. The second-order valence-electron chi connectivity index (χ2n) is 4.26. The van der Waals surface area contributed by atoms with Crippen molar-refractivity contribution in [1.29, 1.82) is 0 Å². The van der Waals surface area contributed by atoms with Gasteiger partial charge in [0.05, 0.1) is 23.8 Å². The van der Waals surface area contributed by atoms with Crippen LogP contribution in [0.4, 0.5) is 5.82 Å². The third-order valence-electron chi connectivity index (χ3n) is 2.94. The highest BCUT2D eigenvalue weighted by atomic mass is 16.1. The van der Waals surface area contributed by atoms with Crippen molar-refractivity contribution in [2.45, 2.75) is 6.54 Å². The molecule has 0 saturated carbocycles. The molecule has 0 atom stereocenters. The molecule has 5 heteroatoms. The van der Waals surface area contributed by atoms with Gasteiger partial charge in [0.25, 0.3) is 5.56 Å². The first kappa shape index (κ1) is 11.4. The summed E-state index contributed by atoms with van der Waals surface area (Å²) in [5.41, 5.74) is 8.06. The number of fused-ring (bicyclic) bond motifs is 1. The van der Waals surface area contributed by atoms with Crippen molar-refractivity contribution < 1.29 is 0 Å². The van der Waals surface area contributed by atoms with E-state index in [1.807, 2.05) is 30.3 Å². The number of nitrogens with zero attached hydrogens (tertiary/aromatic N) is 3. The van der Waals surface area contributed by atoms with Crippen LogP contribution in [0, 0.1) is 0 Å². The third kappa shape index (κ3) is 2.18. The van der Waals surface area contributed by atoms with Gasteiger partial charge >= 0.3 is 0 Å². The first-order chi connectivity index (χ1) is 9.24. The van der Waals surface area contributed by atoms with E-state index in [1.54, 1.807) is 16.8 Å². The Morgan fingerprint density at radius 3 is 2.84 bits per heavy atom. The lowest BCUT2D eigenvalue weighted by Gasteiger charge is -2.09. The summed E-state index contributed by atoms with van der Waals surface area (Å²) in [5, 5.41) is 0. The Morgan fingerprint density at radius 1 is 1.16 bits per heavy atom. The minimum atomic E-state index is -0.130. The van der Waals surface area contributed by atoms with Gasteiger partial charge in [-0.05, 0) is 29.8 Å². The topological polar surface area (TPSA) is 73.8 Å². The molecule has 1 aromatic carbocycles. The van der Waals surface area contributed by atoms with E-state index >= 15 is 0 Å². The van der Waals surface area contributed by atoms with E-state index < -0.39 is 0 Å². The maximum absolute atomic E-state index is 12.0. The summed E-state index contributed by atoms with van der Waals surface area (Å²) in [7, 11) is 0. The first-order valence-electron chi connectivity index (χ1n) is 5.89. The molecule has 3 aromatic rings. The van der Waals surface area contributed by atoms with Crippen molar-refractivity contribution in [2.75, 3.05) is 5.73 Å². The number of nitrogen functional groups attached to an aromatic ring is 1. The fraction of sp³-hybridized carbons (Fsp3) is 0.0714. The van der Waals surface area contributed by atoms with E-state index in [0.29, 0.717) is 12.4 Å². The average molecular weight is 252 g/mol. The Bertz CT molecular complexity index is 795. The van der Waals surface area contributed by atoms with Crippen LogP contribution in [0.2, 0.25) is 0 Å². The van der Waals surface area contributed by atoms with Gasteiger partial charge in [-0.2, -0.15) is 0 Å². The molecule has 0 spiro atoms. The molecule has 0 saturated heterocycles. The summed E-state index contributed by atoms with van der Waals surface area (Å²) in [6, 6.07) is 11.2. The van der Waals surface area contributed by atoms with Crippen molar-refractivity contribution >= 4 is 16.9 Å². The maximum Gasteiger partial charge on any atom is 0.269 e. The Labute approximate surface area is 109 Å². The molecule has 0 unspecified atom stereocenters.